The molecule has 1 N–H and O–H groups in total. The molecular formula is C10H18N2O2. The van der Waals surface area contributed by atoms with Crippen molar-refractivity contribution in [1.82, 2.24) is 10.2 Å². The molecule has 1 aliphatic heterocycles. The third-order valence-electron chi connectivity index (χ3n) is 2.32. The van der Waals surface area contributed by atoms with Crippen molar-refractivity contribution in [3.05, 3.63) is 0 Å². The molecule has 1 heterocycles. The van der Waals surface area contributed by atoms with E-state index in [0.29, 0.717) is 25.6 Å². The molecule has 1 rings (SSSR count). The number of rotatable bonds is 4. The molecule has 0 bridgehead atoms. The van der Waals surface area contributed by atoms with E-state index in [4.69, 9.17) is 0 Å². The molecule has 1 fully saturated rings. The van der Waals surface area contributed by atoms with Crippen LogP contribution in [0.25, 0.3) is 0 Å². The normalized spacial score (nSPS) is 18.1. The van der Waals surface area contributed by atoms with Crippen LogP contribution in [-0.4, -0.2) is 36.3 Å². The number of carbonyl (C=O) groups is 2. The van der Waals surface area contributed by atoms with E-state index >= 15 is 0 Å². The average molecular weight is 198 g/mol. The van der Waals surface area contributed by atoms with Crippen LogP contribution in [-0.2, 0) is 9.59 Å². The topological polar surface area (TPSA) is 49.4 Å². The Morgan fingerprint density at radius 1 is 1.29 bits per heavy atom. The van der Waals surface area contributed by atoms with Crippen LogP contribution in [0.5, 0.6) is 0 Å². The summed E-state index contributed by atoms with van der Waals surface area (Å²) in [5.41, 5.74) is 0. The molecule has 1 aliphatic rings. The molecule has 0 atom stereocenters. The van der Waals surface area contributed by atoms with Gasteiger partial charge in [0.15, 0.2) is 0 Å². The first-order valence-corrected chi connectivity index (χ1v) is 5.15. The summed E-state index contributed by atoms with van der Waals surface area (Å²) in [6.07, 6.45) is 1.97. The summed E-state index contributed by atoms with van der Waals surface area (Å²) in [4.78, 5) is 24.0. The van der Waals surface area contributed by atoms with Crippen LogP contribution in [0.15, 0.2) is 0 Å². The van der Waals surface area contributed by atoms with E-state index in [0.717, 1.165) is 12.8 Å². The van der Waals surface area contributed by atoms with Gasteiger partial charge >= 0.3 is 0 Å². The van der Waals surface area contributed by atoms with Crippen molar-refractivity contribution in [1.29, 1.82) is 0 Å². The Kier molecular flexibility index (Phi) is 4.07. The molecule has 0 radical (unpaired) electrons. The van der Waals surface area contributed by atoms with E-state index in [2.05, 4.69) is 19.2 Å². The SMILES string of the molecule is CC(C)CCCN1C(=O)CNCC1=O. The summed E-state index contributed by atoms with van der Waals surface area (Å²) >= 11 is 0. The van der Waals surface area contributed by atoms with E-state index in [-0.39, 0.29) is 11.8 Å². The van der Waals surface area contributed by atoms with E-state index < -0.39 is 0 Å². The van der Waals surface area contributed by atoms with Gasteiger partial charge in [0.05, 0.1) is 13.1 Å². The maximum atomic E-state index is 11.3. The van der Waals surface area contributed by atoms with Crippen LogP contribution >= 0.6 is 0 Å². The molecule has 0 aromatic carbocycles. The number of hydrogen-bond acceptors (Lipinski definition) is 3. The second kappa shape index (κ2) is 5.10. The van der Waals surface area contributed by atoms with Crippen molar-refractivity contribution in [2.24, 2.45) is 5.92 Å². The minimum atomic E-state index is -0.0926. The monoisotopic (exact) mass is 198 g/mol. The molecule has 4 nitrogen and oxygen atoms in total. The lowest BCUT2D eigenvalue weighted by molar-refractivity contribution is -0.146. The maximum Gasteiger partial charge on any atom is 0.243 e. The first-order valence-electron chi connectivity index (χ1n) is 5.15. The molecule has 0 aromatic heterocycles. The maximum absolute atomic E-state index is 11.3. The summed E-state index contributed by atoms with van der Waals surface area (Å²) in [7, 11) is 0. The van der Waals surface area contributed by atoms with Gasteiger partial charge in [0.2, 0.25) is 11.8 Å². The van der Waals surface area contributed by atoms with Gasteiger partial charge in [-0.15, -0.1) is 0 Å². The Bertz CT molecular complexity index is 210. The van der Waals surface area contributed by atoms with Crippen molar-refractivity contribution in [3.63, 3.8) is 0 Å². The number of nitrogens with one attached hydrogen (secondary N) is 1. The van der Waals surface area contributed by atoms with E-state index in [1.165, 1.54) is 4.90 Å². The van der Waals surface area contributed by atoms with Crippen LogP contribution in [0.1, 0.15) is 26.7 Å². The van der Waals surface area contributed by atoms with Gasteiger partial charge in [-0.2, -0.15) is 0 Å². The predicted octanol–water partition coefficient (Wildman–Crippen LogP) is 0.381. The number of imide groups is 1. The van der Waals surface area contributed by atoms with Gasteiger partial charge in [-0.3, -0.25) is 19.8 Å². The van der Waals surface area contributed by atoms with Crippen molar-refractivity contribution < 1.29 is 9.59 Å². The van der Waals surface area contributed by atoms with Crippen LogP contribution in [0, 0.1) is 5.92 Å². The van der Waals surface area contributed by atoms with Gasteiger partial charge in [0.1, 0.15) is 0 Å². The highest BCUT2D eigenvalue weighted by atomic mass is 16.2. The summed E-state index contributed by atoms with van der Waals surface area (Å²) in [5, 5.41) is 2.77. The first kappa shape index (κ1) is 11.2. The van der Waals surface area contributed by atoms with E-state index in [1.54, 1.807) is 0 Å². The molecule has 4 heteroatoms. The van der Waals surface area contributed by atoms with Crippen LogP contribution in [0.4, 0.5) is 0 Å². The molecule has 1 saturated heterocycles. The van der Waals surface area contributed by atoms with Gasteiger partial charge in [-0.25, -0.2) is 0 Å². The quantitative estimate of drug-likeness (QED) is 0.664. The summed E-state index contributed by atoms with van der Waals surface area (Å²) in [6.45, 7) is 5.46. The Balaban J connectivity index is 2.33. The molecule has 14 heavy (non-hydrogen) atoms. The fourth-order valence-corrected chi connectivity index (χ4v) is 1.51. The highest BCUT2D eigenvalue weighted by Gasteiger charge is 2.24. The molecular weight excluding hydrogens is 180 g/mol. The van der Waals surface area contributed by atoms with Crippen molar-refractivity contribution in [2.75, 3.05) is 19.6 Å². The molecule has 0 saturated carbocycles. The van der Waals surface area contributed by atoms with Crippen LogP contribution < -0.4 is 5.32 Å². The Morgan fingerprint density at radius 3 is 2.36 bits per heavy atom. The zero-order valence-electron chi connectivity index (χ0n) is 8.88. The van der Waals surface area contributed by atoms with Gasteiger partial charge in [0, 0.05) is 6.54 Å². The number of hydrogen-bond donors (Lipinski definition) is 1. The highest BCUT2D eigenvalue weighted by Crippen LogP contribution is 2.06. The molecule has 0 unspecified atom stereocenters. The van der Waals surface area contributed by atoms with Crippen LogP contribution in [0.3, 0.4) is 0 Å². The largest absolute Gasteiger partial charge is 0.300 e. The second-order valence-electron chi connectivity index (χ2n) is 4.08. The standard InChI is InChI=1S/C10H18N2O2/c1-8(2)4-3-5-12-9(13)6-11-7-10(12)14/h8,11H,3-7H2,1-2H3. The fraction of sp³-hybridized carbons (Fsp3) is 0.800. The predicted molar refractivity (Wildman–Crippen MR) is 53.7 cm³/mol. The first-order chi connectivity index (χ1) is 6.61. The smallest absolute Gasteiger partial charge is 0.243 e. The Morgan fingerprint density at radius 2 is 1.86 bits per heavy atom. The third kappa shape index (κ3) is 3.10. The Labute approximate surface area is 84.7 Å². The third-order valence-corrected chi connectivity index (χ3v) is 2.32. The zero-order valence-corrected chi connectivity index (χ0v) is 8.88. The number of piperazine rings is 1. The minimum Gasteiger partial charge on any atom is -0.300 e. The lowest BCUT2D eigenvalue weighted by Gasteiger charge is -2.25. The molecule has 2 amide bonds. The zero-order chi connectivity index (χ0) is 10.6. The van der Waals surface area contributed by atoms with Crippen molar-refractivity contribution >= 4 is 11.8 Å². The van der Waals surface area contributed by atoms with E-state index in [1.807, 2.05) is 0 Å². The van der Waals surface area contributed by atoms with Gasteiger partial charge in [0.25, 0.3) is 0 Å². The summed E-state index contributed by atoms with van der Waals surface area (Å²) in [6, 6.07) is 0. The fourth-order valence-electron chi connectivity index (χ4n) is 1.51. The molecule has 80 valence electrons. The van der Waals surface area contributed by atoms with E-state index in [9.17, 15) is 9.59 Å². The second-order valence-corrected chi connectivity index (χ2v) is 4.08. The Hall–Kier alpha value is -0.900. The molecule has 0 spiro atoms. The summed E-state index contributed by atoms with van der Waals surface area (Å²) < 4.78 is 0. The van der Waals surface area contributed by atoms with Crippen molar-refractivity contribution in [2.45, 2.75) is 26.7 Å². The molecule has 0 aromatic rings. The van der Waals surface area contributed by atoms with Gasteiger partial charge in [-0.05, 0) is 18.8 Å². The van der Waals surface area contributed by atoms with Gasteiger partial charge < -0.3 is 0 Å². The highest BCUT2D eigenvalue weighted by molar-refractivity contribution is 5.99. The van der Waals surface area contributed by atoms with Gasteiger partial charge in [-0.1, -0.05) is 13.8 Å². The number of carbonyl (C=O) groups excluding carboxylic acids is 2. The average Bonchev–Trinajstić information content (AvgIpc) is 2.09. The van der Waals surface area contributed by atoms with Crippen molar-refractivity contribution in [3.8, 4) is 0 Å². The van der Waals surface area contributed by atoms with Crippen LogP contribution in [0.2, 0.25) is 0 Å². The minimum absolute atomic E-state index is 0.0926. The molecule has 0 aliphatic carbocycles. The summed E-state index contributed by atoms with van der Waals surface area (Å²) in [5.74, 6) is 0.443. The number of nitrogens with zero attached hydrogens (tertiary/aromatic N) is 1. The lowest BCUT2D eigenvalue weighted by atomic mass is 10.1. The number of amides is 2. The lowest BCUT2D eigenvalue weighted by Crippen LogP contribution is -2.52.